The highest BCUT2D eigenvalue weighted by Gasteiger charge is 2.30. The molecule has 1 aromatic heterocycles. The van der Waals surface area contributed by atoms with Crippen molar-refractivity contribution in [2.75, 3.05) is 0 Å². The average molecular weight is 311 g/mol. The van der Waals surface area contributed by atoms with Crippen LogP contribution in [0.1, 0.15) is 43.0 Å². The average Bonchev–Trinajstić information content (AvgIpc) is 2.65. The van der Waals surface area contributed by atoms with Crippen molar-refractivity contribution in [2.45, 2.75) is 0 Å². The number of carbonyl (C=O) groups excluding carboxylic acids is 2. The topological polar surface area (TPSA) is 47.0 Å². The van der Waals surface area contributed by atoms with Gasteiger partial charge >= 0.3 is 0 Å². The molecule has 3 nitrogen and oxygen atoms in total. The zero-order valence-corrected chi connectivity index (χ0v) is 12.8. The smallest absolute Gasteiger partial charge is 0.195 e. The Morgan fingerprint density at radius 1 is 0.667 bits per heavy atom. The number of rotatable bonds is 2. The van der Waals surface area contributed by atoms with Crippen molar-refractivity contribution in [1.29, 1.82) is 0 Å². The Labute approximate surface area is 139 Å². The van der Waals surface area contributed by atoms with Gasteiger partial charge in [-0.3, -0.25) is 14.6 Å². The first kappa shape index (κ1) is 14.3. The molecule has 0 unspecified atom stereocenters. The molecule has 3 heteroatoms. The molecule has 0 saturated heterocycles. The molecule has 0 atom stereocenters. The summed E-state index contributed by atoms with van der Waals surface area (Å²) < 4.78 is 0. The highest BCUT2D eigenvalue weighted by Crippen LogP contribution is 2.30. The Balaban J connectivity index is 1.84. The van der Waals surface area contributed by atoms with Gasteiger partial charge in [-0.15, -0.1) is 0 Å². The molecule has 0 saturated carbocycles. The van der Waals surface area contributed by atoms with E-state index >= 15 is 0 Å². The lowest BCUT2D eigenvalue weighted by Crippen LogP contribution is -2.21. The molecule has 24 heavy (non-hydrogen) atoms. The highest BCUT2D eigenvalue weighted by atomic mass is 16.1. The van der Waals surface area contributed by atoms with Crippen LogP contribution in [-0.4, -0.2) is 16.6 Å². The zero-order chi connectivity index (χ0) is 16.5. The van der Waals surface area contributed by atoms with Crippen LogP contribution in [0.3, 0.4) is 0 Å². The summed E-state index contributed by atoms with van der Waals surface area (Å²) in [6.45, 7) is 0. The Hall–Kier alpha value is -3.33. The summed E-state index contributed by atoms with van der Waals surface area (Å²) in [7, 11) is 0. The van der Waals surface area contributed by atoms with E-state index in [0.717, 1.165) is 11.1 Å². The molecule has 0 aliphatic heterocycles. The maximum atomic E-state index is 12.9. The number of hydrogen-bond acceptors (Lipinski definition) is 3. The minimum Gasteiger partial charge on any atom is -0.289 e. The Kier molecular flexibility index (Phi) is 3.39. The van der Waals surface area contributed by atoms with Crippen LogP contribution in [0.2, 0.25) is 0 Å². The van der Waals surface area contributed by atoms with Gasteiger partial charge in [0.2, 0.25) is 0 Å². The van der Waals surface area contributed by atoms with E-state index < -0.39 is 0 Å². The maximum Gasteiger partial charge on any atom is 0.195 e. The van der Waals surface area contributed by atoms with Crippen LogP contribution in [0.25, 0.3) is 12.2 Å². The number of ketones is 2. The molecular weight excluding hydrogens is 298 g/mol. The van der Waals surface area contributed by atoms with Gasteiger partial charge in [0.1, 0.15) is 0 Å². The molecule has 0 fully saturated rings. The zero-order valence-electron chi connectivity index (χ0n) is 12.8. The van der Waals surface area contributed by atoms with Crippen molar-refractivity contribution < 1.29 is 9.59 Å². The van der Waals surface area contributed by atoms with E-state index in [0.29, 0.717) is 22.3 Å². The first-order valence-electron chi connectivity index (χ1n) is 7.65. The van der Waals surface area contributed by atoms with Crippen LogP contribution in [0, 0.1) is 0 Å². The van der Waals surface area contributed by atoms with Gasteiger partial charge in [-0.1, -0.05) is 54.6 Å². The molecule has 0 bridgehead atoms. The van der Waals surface area contributed by atoms with E-state index in [1.807, 2.05) is 36.4 Å². The molecule has 0 radical (unpaired) electrons. The molecule has 0 spiro atoms. The van der Waals surface area contributed by atoms with Crippen molar-refractivity contribution in [3.63, 3.8) is 0 Å². The fourth-order valence-electron chi connectivity index (χ4n) is 2.97. The highest BCUT2D eigenvalue weighted by molar-refractivity contribution is 6.29. The first-order valence-corrected chi connectivity index (χ1v) is 7.65. The standard InChI is InChI=1S/C21H13NO2/c23-20-16-5-1-2-6-17(16)21(24)19-15(4-3-7-18(19)20)9-8-14-10-12-22-13-11-14/h1-13H/b9-8+. The molecule has 2 aromatic carbocycles. The molecular formula is C21H13NO2. The summed E-state index contributed by atoms with van der Waals surface area (Å²) in [5.41, 5.74) is 3.63. The quantitative estimate of drug-likeness (QED) is 0.561. The van der Waals surface area contributed by atoms with Crippen LogP contribution in [-0.2, 0) is 0 Å². The second-order valence-corrected chi connectivity index (χ2v) is 5.59. The lowest BCUT2D eigenvalue weighted by atomic mass is 9.82. The minimum atomic E-state index is -0.102. The van der Waals surface area contributed by atoms with Gasteiger partial charge in [0, 0.05) is 34.6 Å². The second kappa shape index (κ2) is 5.70. The molecule has 1 heterocycles. The summed E-state index contributed by atoms with van der Waals surface area (Å²) in [6.07, 6.45) is 7.21. The van der Waals surface area contributed by atoms with Crippen molar-refractivity contribution in [3.8, 4) is 0 Å². The molecule has 0 N–H and O–H groups in total. The molecule has 1 aliphatic carbocycles. The lowest BCUT2D eigenvalue weighted by Gasteiger charge is -2.18. The van der Waals surface area contributed by atoms with Gasteiger partial charge in [-0.25, -0.2) is 0 Å². The van der Waals surface area contributed by atoms with E-state index in [2.05, 4.69) is 4.98 Å². The number of aromatic nitrogens is 1. The lowest BCUT2D eigenvalue weighted by molar-refractivity contribution is 0.0979. The van der Waals surface area contributed by atoms with Crippen molar-refractivity contribution >= 4 is 23.7 Å². The number of carbonyl (C=O) groups is 2. The second-order valence-electron chi connectivity index (χ2n) is 5.59. The Morgan fingerprint density at radius 3 is 2.08 bits per heavy atom. The van der Waals surface area contributed by atoms with Crippen LogP contribution >= 0.6 is 0 Å². The van der Waals surface area contributed by atoms with Gasteiger partial charge in [-0.05, 0) is 23.3 Å². The monoisotopic (exact) mass is 311 g/mol. The Morgan fingerprint density at radius 2 is 1.33 bits per heavy atom. The summed E-state index contributed by atoms with van der Waals surface area (Å²) in [6, 6.07) is 16.1. The number of nitrogens with zero attached hydrogens (tertiary/aromatic N) is 1. The van der Waals surface area contributed by atoms with Crippen LogP contribution in [0.5, 0.6) is 0 Å². The van der Waals surface area contributed by atoms with Crippen LogP contribution in [0.15, 0.2) is 67.0 Å². The van der Waals surface area contributed by atoms with Gasteiger partial charge in [-0.2, -0.15) is 0 Å². The largest absolute Gasteiger partial charge is 0.289 e. The molecule has 114 valence electrons. The van der Waals surface area contributed by atoms with Gasteiger partial charge in [0.25, 0.3) is 0 Å². The molecule has 0 amide bonds. The fourth-order valence-corrected chi connectivity index (χ4v) is 2.97. The van der Waals surface area contributed by atoms with E-state index in [4.69, 9.17) is 0 Å². The number of fused-ring (bicyclic) bond motifs is 2. The molecule has 4 rings (SSSR count). The predicted octanol–water partition coefficient (Wildman–Crippen LogP) is 4.03. The fraction of sp³-hybridized carbons (Fsp3) is 0. The molecule has 1 aliphatic rings. The van der Waals surface area contributed by atoms with Crippen molar-refractivity contribution in [3.05, 3.63) is 100 Å². The minimum absolute atomic E-state index is 0.0978. The third-order valence-electron chi connectivity index (χ3n) is 4.15. The predicted molar refractivity (Wildman–Crippen MR) is 92.9 cm³/mol. The summed E-state index contributed by atoms with van der Waals surface area (Å²) in [5.74, 6) is -0.200. The first-order chi connectivity index (χ1) is 11.8. The number of benzene rings is 2. The van der Waals surface area contributed by atoms with E-state index in [-0.39, 0.29) is 11.6 Å². The van der Waals surface area contributed by atoms with E-state index in [1.54, 1.807) is 42.7 Å². The van der Waals surface area contributed by atoms with Gasteiger partial charge in [0.15, 0.2) is 11.6 Å². The van der Waals surface area contributed by atoms with E-state index in [1.165, 1.54) is 0 Å². The third kappa shape index (κ3) is 2.27. The van der Waals surface area contributed by atoms with Crippen LogP contribution < -0.4 is 0 Å². The SMILES string of the molecule is O=C1c2ccccc2C(=O)c2c(/C=C/c3ccncc3)cccc21. The summed E-state index contributed by atoms with van der Waals surface area (Å²) in [5, 5.41) is 0. The van der Waals surface area contributed by atoms with Crippen molar-refractivity contribution in [2.24, 2.45) is 0 Å². The third-order valence-corrected chi connectivity index (χ3v) is 4.15. The molecule has 3 aromatic rings. The van der Waals surface area contributed by atoms with Gasteiger partial charge < -0.3 is 0 Å². The maximum absolute atomic E-state index is 12.9. The number of pyridine rings is 1. The normalized spacial score (nSPS) is 13.0. The van der Waals surface area contributed by atoms with Crippen LogP contribution in [0.4, 0.5) is 0 Å². The van der Waals surface area contributed by atoms with Crippen molar-refractivity contribution in [1.82, 2.24) is 4.98 Å². The van der Waals surface area contributed by atoms with Gasteiger partial charge in [0.05, 0.1) is 0 Å². The summed E-state index contributed by atoms with van der Waals surface area (Å²) >= 11 is 0. The van der Waals surface area contributed by atoms with E-state index in [9.17, 15) is 9.59 Å². The Bertz CT molecular complexity index is 988. The number of hydrogen-bond donors (Lipinski definition) is 0. The summed E-state index contributed by atoms with van der Waals surface area (Å²) in [4.78, 5) is 29.6.